The minimum atomic E-state index is -3.61. The van der Waals surface area contributed by atoms with Crippen LogP contribution in [-0.2, 0) is 10.0 Å². The van der Waals surface area contributed by atoms with E-state index in [-0.39, 0.29) is 16.2 Å². The largest absolute Gasteiger partial charge is 0.339 e. The standard InChI is InChI=1S/C20H19FN4O3S/c21-15-3-5-16(6-4-15)29(26,27)25-10-7-20(8-11-25)12-17(20)19-23-18(24-28-19)14-2-1-9-22-13-14/h1-6,9,13,17H,7-8,10-12H2. The van der Waals surface area contributed by atoms with Crippen LogP contribution in [0.1, 0.15) is 31.1 Å². The zero-order valence-corrected chi connectivity index (χ0v) is 16.3. The van der Waals surface area contributed by atoms with Crippen molar-refractivity contribution in [3.05, 3.63) is 60.5 Å². The molecule has 1 unspecified atom stereocenters. The first kappa shape index (κ1) is 18.4. The van der Waals surface area contributed by atoms with Crippen molar-refractivity contribution in [2.45, 2.75) is 30.1 Å². The van der Waals surface area contributed by atoms with Gasteiger partial charge in [-0.15, -0.1) is 0 Å². The smallest absolute Gasteiger partial charge is 0.243 e. The second-order valence-corrected chi connectivity index (χ2v) is 9.61. The van der Waals surface area contributed by atoms with Gasteiger partial charge >= 0.3 is 0 Å². The molecular weight excluding hydrogens is 395 g/mol. The predicted molar refractivity (Wildman–Crippen MR) is 102 cm³/mol. The van der Waals surface area contributed by atoms with Crippen LogP contribution in [0.15, 0.2) is 58.2 Å². The van der Waals surface area contributed by atoms with Crippen molar-refractivity contribution in [3.8, 4) is 11.4 Å². The minimum absolute atomic E-state index is 0.0214. The van der Waals surface area contributed by atoms with Gasteiger partial charge in [-0.25, -0.2) is 12.8 Å². The lowest BCUT2D eigenvalue weighted by atomic mass is 9.92. The summed E-state index contributed by atoms with van der Waals surface area (Å²) in [5.74, 6) is 0.842. The zero-order valence-electron chi connectivity index (χ0n) is 15.5. The molecule has 1 aromatic carbocycles. The molecule has 1 aliphatic carbocycles. The van der Waals surface area contributed by atoms with Crippen LogP contribution >= 0.6 is 0 Å². The molecule has 5 rings (SSSR count). The summed E-state index contributed by atoms with van der Waals surface area (Å²) >= 11 is 0. The van der Waals surface area contributed by atoms with Crippen LogP contribution in [0, 0.1) is 11.2 Å². The summed E-state index contributed by atoms with van der Waals surface area (Å²) in [6, 6.07) is 8.67. The molecular formula is C20H19FN4O3S. The van der Waals surface area contributed by atoms with Crippen molar-refractivity contribution in [1.29, 1.82) is 0 Å². The van der Waals surface area contributed by atoms with Crippen molar-refractivity contribution in [1.82, 2.24) is 19.4 Å². The number of hydrogen-bond acceptors (Lipinski definition) is 6. The molecule has 3 aromatic rings. The number of pyridine rings is 1. The summed E-state index contributed by atoms with van der Waals surface area (Å²) < 4.78 is 45.7. The molecule has 29 heavy (non-hydrogen) atoms. The molecule has 2 aliphatic rings. The van der Waals surface area contributed by atoms with E-state index in [1.54, 1.807) is 12.4 Å². The topological polar surface area (TPSA) is 89.2 Å². The van der Waals surface area contributed by atoms with Crippen LogP contribution < -0.4 is 0 Å². The molecule has 0 N–H and O–H groups in total. The van der Waals surface area contributed by atoms with Gasteiger partial charge in [0.2, 0.25) is 21.7 Å². The lowest BCUT2D eigenvalue weighted by molar-refractivity contribution is 0.242. The maximum absolute atomic E-state index is 13.1. The third kappa shape index (κ3) is 3.24. The highest BCUT2D eigenvalue weighted by Gasteiger charge is 2.59. The Kier molecular flexibility index (Phi) is 4.25. The lowest BCUT2D eigenvalue weighted by Gasteiger charge is -2.31. The summed E-state index contributed by atoms with van der Waals surface area (Å²) in [5, 5.41) is 4.06. The molecule has 2 aromatic heterocycles. The van der Waals surface area contributed by atoms with Gasteiger partial charge in [-0.3, -0.25) is 4.98 Å². The van der Waals surface area contributed by atoms with Crippen LogP contribution in [0.3, 0.4) is 0 Å². The number of benzene rings is 1. The van der Waals surface area contributed by atoms with E-state index < -0.39 is 15.8 Å². The van der Waals surface area contributed by atoms with E-state index in [1.807, 2.05) is 12.1 Å². The molecule has 150 valence electrons. The molecule has 2 fully saturated rings. The van der Waals surface area contributed by atoms with E-state index in [4.69, 9.17) is 4.52 Å². The number of nitrogens with zero attached hydrogens (tertiary/aromatic N) is 4. The van der Waals surface area contributed by atoms with Crippen molar-refractivity contribution in [3.63, 3.8) is 0 Å². The van der Waals surface area contributed by atoms with E-state index in [1.165, 1.54) is 28.6 Å². The number of piperidine rings is 1. The molecule has 1 aliphatic heterocycles. The molecule has 1 saturated carbocycles. The van der Waals surface area contributed by atoms with Gasteiger partial charge in [-0.05, 0) is 61.1 Å². The van der Waals surface area contributed by atoms with Crippen LogP contribution in [0.25, 0.3) is 11.4 Å². The summed E-state index contributed by atoms with van der Waals surface area (Å²) in [4.78, 5) is 8.73. The third-order valence-corrected chi connectivity index (χ3v) is 7.93. The van der Waals surface area contributed by atoms with Crippen molar-refractivity contribution in [2.24, 2.45) is 5.41 Å². The zero-order chi connectivity index (χ0) is 20.1. The van der Waals surface area contributed by atoms with E-state index >= 15 is 0 Å². The van der Waals surface area contributed by atoms with E-state index in [0.29, 0.717) is 24.8 Å². The van der Waals surface area contributed by atoms with Crippen LogP contribution in [0.2, 0.25) is 0 Å². The van der Waals surface area contributed by atoms with Gasteiger partial charge in [0.1, 0.15) is 5.82 Å². The fourth-order valence-corrected chi connectivity index (χ4v) is 5.61. The van der Waals surface area contributed by atoms with Crippen molar-refractivity contribution in [2.75, 3.05) is 13.1 Å². The summed E-state index contributed by atoms with van der Waals surface area (Å²) in [5.41, 5.74) is 0.825. The summed E-state index contributed by atoms with van der Waals surface area (Å²) in [6.45, 7) is 0.861. The first-order chi connectivity index (χ1) is 14.0. The lowest BCUT2D eigenvalue weighted by Crippen LogP contribution is -2.39. The van der Waals surface area contributed by atoms with Gasteiger partial charge in [-0.2, -0.15) is 9.29 Å². The number of rotatable bonds is 4. The number of sulfonamides is 1. The van der Waals surface area contributed by atoms with Crippen LogP contribution in [0.4, 0.5) is 4.39 Å². The van der Waals surface area contributed by atoms with Crippen molar-refractivity contribution < 1.29 is 17.3 Å². The van der Waals surface area contributed by atoms with Gasteiger partial charge in [0, 0.05) is 37.0 Å². The Labute approximate surface area is 167 Å². The Morgan fingerprint density at radius 2 is 1.90 bits per heavy atom. The minimum Gasteiger partial charge on any atom is -0.339 e. The number of hydrogen-bond donors (Lipinski definition) is 0. The quantitative estimate of drug-likeness (QED) is 0.651. The van der Waals surface area contributed by atoms with Gasteiger partial charge < -0.3 is 4.52 Å². The molecule has 0 bridgehead atoms. The molecule has 3 heterocycles. The normalized spacial score (nSPS) is 21.3. The molecule has 1 spiro atoms. The van der Waals surface area contributed by atoms with E-state index in [0.717, 1.165) is 24.8 Å². The first-order valence-electron chi connectivity index (χ1n) is 9.48. The van der Waals surface area contributed by atoms with Gasteiger partial charge in [0.15, 0.2) is 0 Å². The van der Waals surface area contributed by atoms with Gasteiger partial charge in [0.05, 0.1) is 4.90 Å². The molecule has 9 heteroatoms. The third-order valence-electron chi connectivity index (χ3n) is 6.02. The SMILES string of the molecule is O=S(=O)(c1ccc(F)cc1)N1CCC2(CC1)CC2c1nc(-c2cccnc2)no1. The van der Waals surface area contributed by atoms with Gasteiger partial charge in [0.25, 0.3) is 0 Å². The molecule has 1 saturated heterocycles. The van der Waals surface area contributed by atoms with Crippen LogP contribution in [-0.4, -0.2) is 40.9 Å². The summed E-state index contributed by atoms with van der Waals surface area (Å²) in [6.07, 6.45) is 5.78. The monoisotopic (exact) mass is 414 g/mol. The highest BCUT2D eigenvalue weighted by Crippen LogP contribution is 2.64. The van der Waals surface area contributed by atoms with Gasteiger partial charge in [-0.1, -0.05) is 5.16 Å². The Bertz CT molecular complexity index is 1120. The molecule has 1 atom stereocenters. The average Bonchev–Trinajstić information content (AvgIpc) is 3.21. The summed E-state index contributed by atoms with van der Waals surface area (Å²) in [7, 11) is -3.61. The Balaban J connectivity index is 1.27. The average molecular weight is 414 g/mol. The molecule has 7 nitrogen and oxygen atoms in total. The highest BCUT2D eigenvalue weighted by atomic mass is 32.2. The Hall–Kier alpha value is -2.65. The maximum atomic E-state index is 13.1. The predicted octanol–water partition coefficient (Wildman–Crippen LogP) is 3.23. The second-order valence-electron chi connectivity index (χ2n) is 7.68. The number of aromatic nitrogens is 3. The Morgan fingerprint density at radius 1 is 1.14 bits per heavy atom. The van der Waals surface area contributed by atoms with Crippen molar-refractivity contribution >= 4 is 10.0 Å². The van der Waals surface area contributed by atoms with Crippen LogP contribution in [0.5, 0.6) is 0 Å². The maximum Gasteiger partial charge on any atom is 0.243 e. The fourth-order valence-electron chi connectivity index (χ4n) is 4.17. The molecule has 0 amide bonds. The number of halogens is 1. The van der Waals surface area contributed by atoms with E-state index in [9.17, 15) is 12.8 Å². The Morgan fingerprint density at radius 3 is 2.59 bits per heavy atom. The first-order valence-corrected chi connectivity index (χ1v) is 10.9. The van der Waals surface area contributed by atoms with E-state index in [2.05, 4.69) is 15.1 Å². The second kappa shape index (κ2) is 6.70. The fraction of sp³-hybridized carbons (Fsp3) is 0.350. The molecule has 0 radical (unpaired) electrons. The highest BCUT2D eigenvalue weighted by molar-refractivity contribution is 7.89.